The highest BCUT2D eigenvalue weighted by Crippen LogP contribution is 2.31. The molecule has 0 radical (unpaired) electrons. The van der Waals surface area contributed by atoms with Gasteiger partial charge >= 0.3 is 0 Å². The second-order valence-electron chi connectivity index (χ2n) is 4.57. The van der Waals surface area contributed by atoms with E-state index in [0.717, 1.165) is 18.2 Å². The Bertz CT molecular complexity index is 594. The first-order valence-electron chi connectivity index (χ1n) is 6.20. The van der Waals surface area contributed by atoms with Crippen LogP contribution >= 0.6 is 0 Å². The maximum Gasteiger partial charge on any atom is 0.137 e. The van der Waals surface area contributed by atoms with E-state index in [4.69, 9.17) is 4.74 Å². The summed E-state index contributed by atoms with van der Waals surface area (Å²) >= 11 is 0. The molecule has 106 valence electrons. The minimum Gasteiger partial charge on any atom is -0.492 e. The van der Waals surface area contributed by atoms with Gasteiger partial charge in [-0.3, -0.25) is 4.98 Å². The first kappa shape index (κ1) is 14.4. The number of halogens is 2. The van der Waals surface area contributed by atoms with Gasteiger partial charge in [0, 0.05) is 17.8 Å². The van der Waals surface area contributed by atoms with Crippen molar-refractivity contribution in [3.05, 3.63) is 59.4 Å². The molecular formula is C15H15F2NO2. The number of hydrogen-bond acceptors (Lipinski definition) is 3. The number of aliphatic hydroxyl groups is 1. The number of rotatable bonds is 4. The van der Waals surface area contributed by atoms with Gasteiger partial charge in [-0.05, 0) is 37.6 Å². The first-order chi connectivity index (χ1) is 9.43. The Morgan fingerprint density at radius 1 is 1.10 bits per heavy atom. The number of hydrogen-bond donors (Lipinski definition) is 1. The van der Waals surface area contributed by atoms with Crippen molar-refractivity contribution in [2.45, 2.75) is 19.4 Å². The van der Waals surface area contributed by atoms with Crippen LogP contribution in [0.25, 0.3) is 0 Å². The Labute approximate surface area is 115 Å². The second kappa shape index (κ2) is 5.54. The van der Waals surface area contributed by atoms with Gasteiger partial charge in [0.2, 0.25) is 0 Å². The SMILES string of the molecule is CCOc1cncc(C(C)(O)c2cc(F)cc(F)c2)c1. The van der Waals surface area contributed by atoms with E-state index in [9.17, 15) is 13.9 Å². The fraction of sp³-hybridized carbons (Fsp3) is 0.267. The van der Waals surface area contributed by atoms with Gasteiger partial charge in [-0.2, -0.15) is 0 Å². The summed E-state index contributed by atoms with van der Waals surface area (Å²) in [6, 6.07) is 4.54. The van der Waals surface area contributed by atoms with E-state index in [1.54, 1.807) is 6.07 Å². The highest BCUT2D eigenvalue weighted by molar-refractivity contribution is 5.37. The minimum atomic E-state index is -1.57. The van der Waals surface area contributed by atoms with Crippen LogP contribution in [-0.4, -0.2) is 16.7 Å². The van der Waals surface area contributed by atoms with Crippen LogP contribution in [0.4, 0.5) is 8.78 Å². The van der Waals surface area contributed by atoms with Crippen LogP contribution in [0.2, 0.25) is 0 Å². The fourth-order valence-corrected chi connectivity index (χ4v) is 1.93. The summed E-state index contributed by atoms with van der Waals surface area (Å²) in [5.74, 6) is -0.995. The highest BCUT2D eigenvalue weighted by Gasteiger charge is 2.27. The number of benzene rings is 1. The fourth-order valence-electron chi connectivity index (χ4n) is 1.93. The summed E-state index contributed by atoms with van der Waals surface area (Å²) in [4.78, 5) is 3.97. The average Bonchev–Trinajstić information content (AvgIpc) is 2.38. The van der Waals surface area contributed by atoms with Crippen molar-refractivity contribution < 1.29 is 18.6 Å². The van der Waals surface area contributed by atoms with Crippen molar-refractivity contribution >= 4 is 0 Å². The normalized spacial score (nSPS) is 13.8. The molecule has 1 aromatic carbocycles. The lowest BCUT2D eigenvalue weighted by Crippen LogP contribution is -2.23. The van der Waals surface area contributed by atoms with Crippen LogP contribution in [0, 0.1) is 11.6 Å². The molecule has 1 aromatic heterocycles. The third kappa shape index (κ3) is 2.93. The molecule has 3 nitrogen and oxygen atoms in total. The van der Waals surface area contributed by atoms with Gasteiger partial charge in [0.1, 0.15) is 23.0 Å². The molecule has 1 N–H and O–H groups in total. The monoisotopic (exact) mass is 279 g/mol. The topological polar surface area (TPSA) is 42.4 Å². The molecule has 0 fully saturated rings. The Hall–Kier alpha value is -2.01. The molecule has 20 heavy (non-hydrogen) atoms. The van der Waals surface area contributed by atoms with Gasteiger partial charge in [0.15, 0.2) is 0 Å². The van der Waals surface area contributed by atoms with Gasteiger partial charge in [0.05, 0.1) is 12.8 Å². The number of aromatic nitrogens is 1. The summed E-state index contributed by atoms with van der Waals surface area (Å²) in [6.45, 7) is 3.74. The van der Waals surface area contributed by atoms with Crippen molar-refractivity contribution in [3.8, 4) is 5.75 Å². The molecule has 0 aliphatic carbocycles. The third-order valence-corrected chi connectivity index (χ3v) is 3.01. The lowest BCUT2D eigenvalue weighted by atomic mass is 9.89. The van der Waals surface area contributed by atoms with Crippen LogP contribution < -0.4 is 4.74 Å². The molecule has 1 unspecified atom stereocenters. The first-order valence-corrected chi connectivity index (χ1v) is 6.20. The molecule has 5 heteroatoms. The van der Waals surface area contributed by atoms with Crippen LogP contribution in [0.1, 0.15) is 25.0 Å². The molecule has 0 amide bonds. The van der Waals surface area contributed by atoms with E-state index < -0.39 is 17.2 Å². The molecule has 1 atom stereocenters. The van der Waals surface area contributed by atoms with Gasteiger partial charge < -0.3 is 9.84 Å². The van der Waals surface area contributed by atoms with Crippen LogP contribution in [-0.2, 0) is 5.60 Å². The summed E-state index contributed by atoms with van der Waals surface area (Å²) in [7, 11) is 0. The van der Waals surface area contributed by atoms with Crippen LogP contribution in [0.3, 0.4) is 0 Å². The summed E-state index contributed by atoms with van der Waals surface area (Å²) in [5, 5.41) is 10.6. The molecule has 2 aromatic rings. The summed E-state index contributed by atoms with van der Waals surface area (Å²) in [6.07, 6.45) is 2.95. The maximum absolute atomic E-state index is 13.3. The van der Waals surface area contributed by atoms with E-state index >= 15 is 0 Å². The maximum atomic E-state index is 13.3. The predicted molar refractivity (Wildman–Crippen MR) is 70.4 cm³/mol. The van der Waals surface area contributed by atoms with Gasteiger partial charge in [-0.15, -0.1) is 0 Å². The molecule has 0 bridgehead atoms. The van der Waals surface area contributed by atoms with Crippen molar-refractivity contribution in [2.75, 3.05) is 6.61 Å². The van der Waals surface area contributed by atoms with E-state index in [1.807, 2.05) is 6.92 Å². The summed E-state index contributed by atoms with van der Waals surface area (Å²) in [5.41, 5.74) is -1.05. The quantitative estimate of drug-likeness (QED) is 0.935. The predicted octanol–water partition coefficient (Wildman–Crippen LogP) is 3.01. The zero-order valence-corrected chi connectivity index (χ0v) is 11.2. The zero-order chi connectivity index (χ0) is 14.8. The van der Waals surface area contributed by atoms with E-state index in [0.29, 0.717) is 17.9 Å². The summed E-state index contributed by atoms with van der Waals surface area (Å²) < 4.78 is 31.9. The molecule has 0 spiro atoms. The molecular weight excluding hydrogens is 264 g/mol. The second-order valence-corrected chi connectivity index (χ2v) is 4.57. The van der Waals surface area contributed by atoms with E-state index in [-0.39, 0.29) is 5.56 Å². The van der Waals surface area contributed by atoms with Gasteiger partial charge in [-0.25, -0.2) is 8.78 Å². The average molecular weight is 279 g/mol. The lowest BCUT2D eigenvalue weighted by Gasteiger charge is -2.24. The third-order valence-electron chi connectivity index (χ3n) is 3.01. The molecule has 0 saturated carbocycles. The van der Waals surface area contributed by atoms with Gasteiger partial charge in [-0.1, -0.05) is 0 Å². The minimum absolute atomic E-state index is 0.116. The van der Waals surface area contributed by atoms with Crippen LogP contribution in [0.15, 0.2) is 36.7 Å². The van der Waals surface area contributed by atoms with Crippen molar-refractivity contribution in [1.82, 2.24) is 4.98 Å². The number of ether oxygens (including phenoxy) is 1. The largest absolute Gasteiger partial charge is 0.492 e. The molecule has 0 aliphatic rings. The number of nitrogens with zero attached hydrogens (tertiary/aromatic N) is 1. The van der Waals surface area contributed by atoms with E-state index in [1.165, 1.54) is 19.3 Å². The molecule has 1 heterocycles. The van der Waals surface area contributed by atoms with Crippen molar-refractivity contribution in [3.63, 3.8) is 0 Å². The Balaban J connectivity index is 2.45. The molecule has 0 aliphatic heterocycles. The lowest BCUT2D eigenvalue weighted by molar-refractivity contribution is 0.101. The molecule has 2 rings (SSSR count). The Morgan fingerprint density at radius 3 is 2.35 bits per heavy atom. The van der Waals surface area contributed by atoms with Crippen molar-refractivity contribution in [2.24, 2.45) is 0 Å². The van der Waals surface area contributed by atoms with E-state index in [2.05, 4.69) is 4.98 Å². The smallest absolute Gasteiger partial charge is 0.137 e. The Kier molecular flexibility index (Phi) is 3.99. The number of pyridine rings is 1. The molecule has 0 saturated heterocycles. The zero-order valence-electron chi connectivity index (χ0n) is 11.2. The standard InChI is InChI=1S/C15H15F2NO2/c1-3-20-14-6-11(8-18-9-14)15(2,19)10-4-12(16)7-13(17)5-10/h4-9,19H,3H2,1-2H3. The van der Waals surface area contributed by atoms with Crippen molar-refractivity contribution in [1.29, 1.82) is 0 Å². The van der Waals surface area contributed by atoms with Crippen LogP contribution in [0.5, 0.6) is 5.75 Å². The highest BCUT2D eigenvalue weighted by atomic mass is 19.1. The Morgan fingerprint density at radius 2 is 1.75 bits per heavy atom. The van der Waals surface area contributed by atoms with Gasteiger partial charge in [0.25, 0.3) is 0 Å².